The maximum absolute atomic E-state index is 11.9. The Labute approximate surface area is 99.3 Å². The Hall–Kier alpha value is -2.04. The minimum Gasteiger partial charge on any atom is -0.478 e. The molecule has 0 spiro atoms. The van der Waals surface area contributed by atoms with Gasteiger partial charge in [-0.15, -0.1) is 0 Å². The average Bonchev–Trinajstić information content (AvgIpc) is 2.70. The molecule has 0 bridgehead atoms. The van der Waals surface area contributed by atoms with Crippen LogP contribution in [0.1, 0.15) is 15.9 Å². The van der Waals surface area contributed by atoms with Gasteiger partial charge in [0.05, 0.1) is 5.56 Å². The molecular formula is C12H14N2O3. The Morgan fingerprint density at radius 2 is 2.06 bits per heavy atom. The average molecular weight is 234 g/mol. The number of aromatic carboxylic acids is 1. The monoisotopic (exact) mass is 234 g/mol. The van der Waals surface area contributed by atoms with E-state index in [9.17, 15) is 9.59 Å². The summed E-state index contributed by atoms with van der Waals surface area (Å²) in [6, 6.07) is 4.79. The largest absolute Gasteiger partial charge is 0.478 e. The van der Waals surface area contributed by atoms with Crippen LogP contribution in [0.25, 0.3) is 0 Å². The number of hydrogen-bond donors (Lipinski definition) is 1. The van der Waals surface area contributed by atoms with E-state index in [0.717, 1.165) is 11.3 Å². The predicted octanol–water partition coefficient (Wildman–Crippen LogP) is 1.43. The van der Waals surface area contributed by atoms with E-state index >= 15 is 0 Å². The molecule has 1 N–H and O–H groups in total. The quantitative estimate of drug-likeness (QED) is 0.799. The van der Waals surface area contributed by atoms with E-state index in [0.29, 0.717) is 13.0 Å². The van der Waals surface area contributed by atoms with Crippen molar-refractivity contribution in [2.75, 3.05) is 25.5 Å². The third kappa shape index (κ3) is 1.95. The molecule has 17 heavy (non-hydrogen) atoms. The molecule has 0 unspecified atom stereocenters. The first-order chi connectivity index (χ1) is 8.00. The minimum atomic E-state index is -0.940. The summed E-state index contributed by atoms with van der Waals surface area (Å²) in [6.07, 6.45) is 0.704. The zero-order valence-corrected chi connectivity index (χ0v) is 9.80. The SMILES string of the molecule is CN(C)C(=O)N1CCc2cc(C(=O)O)ccc21. The second-order valence-electron chi connectivity index (χ2n) is 4.23. The van der Waals surface area contributed by atoms with Crippen LogP contribution in [0.5, 0.6) is 0 Å². The molecule has 0 aromatic heterocycles. The number of fused-ring (bicyclic) bond motifs is 1. The lowest BCUT2D eigenvalue weighted by Gasteiger charge is -2.21. The number of anilines is 1. The number of carbonyl (C=O) groups excluding carboxylic acids is 1. The van der Waals surface area contributed by atoms with Gasteiger partial charge in [-0.25, -0.2) is 9.59 Å². The van der Waals surface area contributed by atoms with E-state index in [-0.39, 0.29) is 11.6 Å². The molecule has 1 aromatic carbocycles. The lowest BCUT2D eigenvalue weighted by Crippen LogP contribution is -2.38. The Morgan fingerprint density at radius 1 is 1.35 bits per heavy atom. The summed E-state index contributed by atoms with van der Waals surface area (Å²) in [6.45, 7) is 0.607. The highest BCUT2D eigenvalue weighted by atomic mass is 16.4. The van der Waals surface area contributed by atoms with Crippen LogP contribution in [0.2, 0.25) is 0 Å². The number of rotatable bonds is 1. The Bertz CT molecular complexity index is 483. The van der Waals surface area contributed by atoms with Crippen LogP contribution in [0.3, 0.4) is 0 Å². The fraction of sp³-hybridized carbons (Fsp3) is 0.333. The van der Waals surface area contributed by atoms with Crippen molar-refractivity contribution < 1.29 is 14.7 Å². The molecule has 0 saturated heterocycles. The van der Waals surface area contributed by atoms with Gasteiger partial charge >= 0.3 is 12.0 Å². The van der Waals surface area contributed by atoms with Crippen LogP contribution in [-0.2, 0) is 6.42 Å². The lowest BCUT2D eigenvalue weighted by atomic mass is 10.1. The summed E-state index contributed by atoms with van der Waals surface area (Å²) >= 11 is 0. The van der Waals surface area contributed by atoms with Gasteiger partial charge in [-0.1, -0.05) is 0 Å². The molecule has 1 aliphatic heterocycles. The van der Waals surface area contributed by atoms with Crippen LogP contribution in [-0.4, -0.2) is 42.6 Å². The number of amides is 2. The standard InChI is InChI=1S/C12H14N2O3/c1-13(2)12(17)14-6-5-8-7-9(11(15)16)3-4-10(8)14/h3-4,7H,5-6H2,1-2H3,(H,15,16). The smallest absolute Gasteiger partial charge is 0.335 e. The molecule has 0 radical (unpaired) electrons. The fourth-order valence-electron chi connectivity index (χ4n) is 1.97. The van der Waals surface area contributed by atoms with Gasteiger partial charge in [-0.05, 0) is 30.2 Å². The second-order valence-corrected chi connectivity index (χ2v) is 4.23. The van der Waals surface area contributed by atoms with Gasteiger partial charge in [-0.2, -0.15) is 0 Å². The molecule has 1 aliphatic rings. The number of nitrogens with zero attached hydrogens (tertiary/aromatic N) is 2. The van der Waals surface area contributed by atoms with Gasteiger partial charge < -0.3 is 10.0 Å². The summed E-state index contributed by atoms with van der Waals surface area (Å²) in [4.78, 5) is 25.9. The van der Waals surface area contributed by atoms with Crippen LogP contribution in [0.15, 0.2) is 18.2 Å². The van der Waals surface area contributed by atoms with E-state index in [4.69, 9.17) is 5.11 Å². The molecule has 0 aliphatic carbocycles. The third-order valence-corrected chi connectivity index (χ3v) is 2.84. The minimum absolute atomic E-state index is 0.0770. The number of urea groups is 1. The number of carboxylic acids is 1. The molecule has 2 rings (SSSR count). The van der Waals surface area contributed by atoms with Gasteiger partial charge in [0, 0.05) is 26.3 Å². The first-order valence-corrected chi connectivity index (χ1v) is 5.35. The van der Waals surface area contributed by atoms with Crippen molar-refractivity contribution in [2.45, 2.75) is 6.42 Å². The molecule has 5 heteroatoms. The summed E-state index contributed by atoms with van der Waals surface area (Å²) in [5, 5.41) is 8.89. The number of carboxylic acid groups (broad SMARTS) is 1. The highest BCUT2D eigenvalue weighted by Gasteiger charge is 2.26. The first kappa shape index (κ1) is 11.4. The maximum atomic E-state index is 11.9. The highest BCUT2D eigenvalue weighted by molar-refractivity contribution is 5.95. The van der Waals surface area contributed by atoms with Gasteiger partial charge in [-0.3, -0.25) is 4.90 Å². The maximum Gasteiger partial charge on any atom is 0.335 e. The van der Waals surface area contributed by atoms with E-state index in [2.05, 4.69) is 0 Å². The second kappa shape index (κ2) is 4.08. The van der Waals surface area contributed by atoms with Gasteiger partial charge in [0.15, 0.2) is 0 Å². The van der Waals surface area contributed by atoms with Crippen molar-refractivity contribution in [1.29, 1.82) is 0 Å². The van der Waals surface area contributed by atoms with E-state index < -0.39 is 5.97 Å². The number of hydrogen-bond acceptors (Lipinski definition) is 2. The molecule has 0 saturated carbocycles. The van der Waals surface area contributed by atoms with Crippen molar-refractivity contribution in [3.05, 3.63) is 29.3 Å². The van der Waals surface area contributed by atoms with Crippen molar-refractivity contribution in [3.63, 3.8) is 0 Å². The van der Waals surface area contributed by atoms with Crippen LogP contribution < -0.4 is 4.90 Å². The van der Waals surface area contributed by atoms with Crippen molar-refractivity contribution in [2.24, 2.45) is 0 Å². The summed E-state index contributed by atoms with van der Waals surface area (Å²) < 4.78 is 0. The zero-order chi connectivity index (χ0) is 12.6. The van der Waals surface area contributed by atoms with E-state index in [1.807, 2.05) is 0 Å². The molecule has 2 amide bonds. The molecule has 0 atom stereocenters. The Kier molecular flexibility index (Phi) is 2.75. The van der Waals surface area contributed by atoms with Gasteiger partial charge in [0.2, 0.25) is 0 Å². The number of carbonyl (C=O) groups is 2. The molecule has 5 nitrogen and oxygen atoms in total. The van der Waals surface area contributed by atoms with Crippen molar-refractivity contribution in [1.82, 2.24) is 4.90 Å². The van der Waals surface area contributed by atoms with E-state index in [1.165, 1.54) is 11.0 Å². The Morgan fingerprint density at radius 3 is 2.65 bits per heavy atom. The van der Waals surface area contributed by atoms with Crippen LogP contribution in [0, 0.1) is 0 Å². The highest BCUT2D eigenvalue weighted by Crippen LogP contribution is 2.29. The topological polar surface area (TPSA) is 60.9 Å². The lowest BCUT2D eigenvalue weighted by molar-refractivity contribution is 0.0697. The predicted molar refractivity (Wildman–Crippen MR) is 63.5 cm³/mol. The van der Waals surface area contributed by atoms with Gasteiger partial charge in [0.1, 0.15) is 0 Å². The van der Waals surface area contributed by atoms with Crippen molar-refractivity contribution in [3.8, 4) is 0 Å². The summed E-state index contributed by atoms with van der Waals surface area (Å²) in [7, 11) is 3.40. The third-order valence-electron chi connectivity index (χ3n) is 2.84. The molecule has 1 aromatic rings. The Balaban J connectivity index is 2.34. The first-order valence-electron chi connectivity index (χ1n) is 5.35. The zero-order valence-electron chi connectivity index (χ0n) is 9.80. The summed E-state index contributed by atoms with van der Waals surface area (Å²) in [5.74, 6) is -0.940. The van der Waals surface area contributed by atoms with Crippen LogP contribution in [0.4, 0.5) is 10.5 Å². The van der Waals surface area contributed by atoms with Gasteiger partial charge in [0.25, 0.3) is 0 Å². The molecule has 90 valence electrons. The fourth-order valence-corrected chi connectivity index (χ4v) is 1.97. The van der Waals surface area contributed by atoms with Crippen LogP contribution >= 0.6 is 0 Å². The molecule has 0 fully saturated rings. The molecular weight excluding hydrogens is 220 g/mol. The number of benzene rings is 1. The van der Waals surface area contributed by atoms with E-state index in [1.54, 1.807) is 31.1 Å². The normalized spacial score (nSPS) is 13.4. The molecule has 1 heterocycles. The summed E-state index contributed by atoms with van der Waals surface area (Å²) in [5.41, 5.74) is 2.00. The van der Waals surface area contributed by atoms with Crippen molar-refractivity contribution >= 4 is 17.7 Å².